The summed E-state index contributed by atoms with van der Waals surface area (Å²) in [5.74, 6) is 0.0557. The highest BCUT2D eigenvalue weighted by Crippen LogP contribution is 2.37. The van der Waals surface area contributed by atoms with E-state index >= 15 is 0 Å². The monoisotopic (exact) mass is 309 g/mol. The van der Waals surface area contributed by atoms with Gasteiger partial charge < -0.3 is 9.47 Å². The molecule has 0 radical (unpaired) electrons. The van der Waals surface area contributed by atoms with Gasteiger partial charge in [0.25, 0.3) is 0 Å². The number of carbonyl (C=O) groups excluding carboxylic acids is 1. The van der Waals surface area contributed by atoms with Gasteiger partial charge in [0.2, 0.25) is 11.7 Å². The van der Waals surface area contributed by atoms with Crippen molar-refractivity contribution in [2.75, 3.05) is 14.2 Å². The van der Waals surface area contributed by atoms with E-state index in [2.05, 4.69) is 10.5 Å². The zero-order valence-corrected chi connectivity index (χ0v) is 12.8. The molecule has 0 fully saturated rings. The second kappa shape index (κ2) is 8.60. The third kappa shape index (κ3) is 4.72. The van der Waals surface area contributed by atoms with Gasteiger partial charge in [0, 0.05) is 18.1 Å². The third-order valence-corrected chi connectivity index (χ3v) is 2.84. The van der Waals surface area contributed by atoms with Gasteiger partial charge >= 0.3 is 5.69 Å². The van der Waals surface area contributed by atoms with E-state index in [0.717, 1.165) is 12.8 Å². The van der Waals surface area contributed by atoms with Crippen molar-refractivity contribution in [1.29, 1.82) is 0 Å². The molecule has 8 heteroatoms. The molecule has 0 saturated carbocycles. The van der Waals surface area contributed by atoms with Crippen molar-refractivity contribution in [3.63, 3.8) is 0 Å². The van der Waals surface area contributed by atoms with Crippen molar-refractivity contribution in [3.8, 4) is 11.5 Å². The number of nitrogens with one attached hydrogen (secondary N) is 1. The number of hydrazone groups is 1. The Morgan fingerprint density at radius 1 is 1.41 bits per heavy atom. The van der Waals surface area contributed by atoms with Crippen LogP contribution in [0.4, 0.5) is 5.69 Å². The predicted molar refractivity (Wildman–Crippen MR) is 81.5 cm³/mol. The Hall–Kier alpha value is -2.64. The Kier molecular flexibility index (Phi) is 6.81. The fourth-order valence-electron chi connectivity index (χ4n) is 1.75. The second-order valence-corrected chi connectivity index (χ2v) is 4.43. The highest BCUT2D eigenvalue weighted by atomic mass is 16.6. The first-order chi connectivity index (χ1) is 10.5. The maximum Gasteiger partial charge on any atom is 0.315 e. The number of hydrogen-bond acceptors (Lipinski definition) is 6. The number of hydrogen-bond donors (Lipinski definition) is 1. The summed E-state index contributed by atoms with van der Waals surface area (Å²) in [6, 6.07) is 2.83. The fraction of sp³-hybridized carbons (Fsp3) is 0.429. The second-order valence-electron chi connectivity index (χ2n) is 4.43. The lowest BCUT2D eigenvalue weighted by Crippen LogP contribution is -2.16. The molecule has 120 valence electrons. The number of methoxy groups -OCH3 is 2. The molecule has 22 heavy (non-hydrogen) atoms. The van der Waals surface area contributed by atoms with Gasteiger partial charge in [-0.1, -0.05) is 13.3 Å². The van der Waals surface area contributed by atoms with Crippen molar-refractivity contribution < 1.29 is 19.2 Å². The van der Waals surface area contributed by atoms with E-state index in [-0.39, 0.29) is 23.1 Å². The quantitative estimate of drug-likeness (QED) is 0.450. The van der Waals surface area contributed by atoms with Gasteiger partial charge in [-0.05, 0) is 12.5 Å². The van der Waals surface area contributed by atoms with Crippen molar-refractivity contribution in [2.45, 2.75) is 26.2 Å². The van der Waals surface area contributed by atoms with Crippen LogP contribution < -0.4 is 14.9 Å². The standard InChI is InChI=1S/C14H19N3O5/c1-4-5-6-13(18)16-15-9-10-7-11(17(19)20)14(22-3)12(8-10)21-2/h7-9H,4-6H2,1-3H3,(H,16,18)/b15-9+. The highest BCUT2D eigenvalue weighted by molar-refractivity contribution is 5.85. The van der Waals surface area contributed by atoms with E-state index in [1.807, 2.05) is 6.92 Å². The fourth-order valence-corrected chi connectivity index (χ4v) is 1.75. The number of nitrogens with zero attached hydrogens (tertiary/aromatic N) is 2. The van der Waals surface area contributed by atoms with Gasteiger partial charge in [-0.25, -0.2) is 5.43 Å². The summed E-state index contributed by atoms with van der Waals surface area (Å²) in [4.78, 5) is 21.9. The van der Waals surface area contributed by atoms with E-state index in [9.17, 15) is 14.9 Å². The van der Waals surface area contributed by atoms with Crippen molar-refractivity contribution in [2.24, 2.45) is 5.10 Å². The molecule has 0 unspecified atom stereocenters. The molecule has 0 bridgehead atoms. The first-order valence-corrected chi connectivity index (χ1v) is 6.75. The number of ether oxygens (including phenoxy) is 2. The van der Waals surface area contributed by atoms with E-state index in [4.69, 9.17) is 9.47 Å². The van der Waals surface area contributed by atoms with Gasteiger partial charge in [-0.2, -0.15) is 5.10 Å². The van der Waals surface area contributed by atoms with Crippen LogP contribution in [0.25, 0.3) is 0 Å². The summed E-state index contributed by atoms with van der Waals surface area (Å²) >= 11 is 0. The Morgan fingerprint density at radius 3 is 2.68 bits per heavy atom. The Balaban J connectivity index is 2.93. The molecule has 0 spiro atoms. The van der Waals surface area contributed by atoms with Gasteiger partial charge in [-0.3, -0.25) is 14.9 Å². The van der Waals surface area contributed by atoms with Crippen molar-refractivity contribution in [1.82, 2.24) is 5.43 Å². The average molecular weight is 309 g/mol. The topological polar surface area (TPSA) is 103 Å². The average Bonchev–Trinajstić information content (AvgIpc) is 2.51. The smallest absolute Gasteiger partial charge is 0.315 e. The van der Waals surface area contributed by atoms with Crippen LogP contribution in [0.15, 0.2) is 17.2 Å². The molecule has 0 atom stereocenters. The van der Waals surface area contributed by atoms with Crippen LogP contribution in [0, 0.1) is 10.1 Å². The summed E-state index contributed by atoms with van der Waals surface area (Å²) in [5.41, 5.74) is 2.55. The maximum atomic E-state index is 11.4. The minimum atomic E-state index is -0.571. The predicted octanol–water partition coefficient (Wildman–Crippen LogP) is 2.25. The number of nitro groups is 1. The lowest BCUT2D eigenvalue weighted by molar-refractivity contribution is -0.385. The van der Waals surface area contributed by atoms with Crippen LogP contribution in [0.5, 0.6) is 11.5 Å². The van der Waals surface area contributed by atoms with E-state index in [1.165, 1.54) is 32.6 Å². The van der Waals surface area contributed by atoms with Crippen LogP contribution in [0.1, 0.15) is 31.7 Å². The number of amides is 1. The van der Waals surface area contributed by atoms with Crippen molar-refractivity contribution in [3.05, 3.63) is 27.8 Å². The molecule has 8 nitrogen and oxygen atoms in total. The summed E-state index contributed by atoms with van der Waals surface area (Å²) in [7, 11) is 2.71. The summed E-state index contributed by atoms with van der Waals surface area (Å²) in [5, 5.41) is 14.8. The molecular weight excluding hydrogens is 290 g/mol. The minimum absolute atomic E-state index is 0.0385. The first-order valence-electron chi connectivity index (χ1n) is 6.75. The summed E-state index contributed by atoms with van der Waals surface area (Å²) < 4.78 is 10.1. The molecule has 0 aliphatic carbocycles. The van der Waals surface area contributed by atoms with Crippen LogP contribution in [0.3, 0.4) is 0 Å². The Bertz CT molecular complexity index is 572. The zero-order valence-electron chi connectivity index (χ0n) is 12.8. The lowest BCUT2D eigenvalue weighted by Gasteiger charge is -2.08. The normalized spacial score (nSPS) is 10.5. The van der Waals surface area contributed by atoms with Crippen LogP contribution in [0.2, 0.25) is 0 Å². The Labute approximate surface area is 128 Å². The molecule has 1 N–H and O–H groups in total. The number of rotatable bonds is 8. The largest absolute Gasteiger partial charge is 0.493 e. The SMILES string of the molecule is CCCCC(=O)N/N=C/c1cc(OC)c(OC)c([N+](=O)[O-])c1. The van der Waals surface area contributed by atoms with E-state index in [1.54, 1.807) is 0 Å². The third-order valence-electron chi connectivity index (χ3n) is 2.84. The molecule has 1 amide bonds. The summed E-state index contributed by atoms with van der Waals surface area (Å²) in [6.45, 7) is 1.99. The highest BCUT2D eigenvalue weighted by Gasteiger charge is 2.21. The van der Waals surface area contributed by atoms with E-state index < -0.39 is 4.92 Å². The van der Waals surface area contributed by atoms with Crippen LogP contribution in [-0.4, -0.2) is 31.3 Å². The minimum Gasteiger partial charge on any atom is -0.493 e. The first kappa shape index (κ1) is 17.4. The van der Waals surface area contributed by atoms with Crippen molar-refractivity contribution >= 4 is 17.8 Å². The van der Waals surface area contributed by atoms with Gasteiger partial charge in [0.1, 0.15) is 0 Å². The molecule has 1 rings (SSSR count). The molecule has 0 heterocycles. The van der Waals surface area contributed by atoms with E-state index in [0.29, 0.717) is 12.0 Å². The number of nitro benzene ring substituents is 1. The maximum absolute atomic E-state index is 11.4. The molecule has 0 aliphatic heterocycles. The number of carbonyl (C=O) groups is 1. The van der Waals surface area contributed by atoms with Gasteiger partial charge in [-0.15, -0.1) is 0 Å². The van der Waals surface area contributed by atoms with Crippen LogP contribution in [-0.2, 0) is 4.79 Å². The van der Waals surface area contributed by atoms with Gasteiger partial charge in [0.05, 0.1) is 25.4 Å². The lowest BCUT2D eigenvalue weighted by atomic mass is 10.2. The van der Waals surface area contributed by atoms with Gasteiger partial charge in [0.15, 0.2) is 5.75 Å². The molecule has 0 aromatic heterocycles. The zero-order chi connectivity index (χ0) is 16.5. The molecule has 1 aromatic carbocycles. The summed E-state index contributed by atoms with van der Waals surface area (Å²) in [6.07, 6.45) is 3.40. The molecule has 0 saturated heterocycles. The number of unbranched alkanes of at least 4 members (excludes halogenated alkanes) is 1. The molecule has 1 aromatic rings. The molecular formula is C14H19N3O5. The van der Waals surface area contributed by atoms with Crippen LogP contribution >= 0.6 is 0 Å². The molecule has 0 aliphatic rings. The Morgan fingerprint density at radius 2 is 2.14 bits per heavy atom. The number of benzene rings is 1.